The fourth-order valence-corrected chi connectivity index (χ4v) is 4.46. The molecule has 0 saturated carbocycles. The molecule has 0 aliphatic rings. The maximum absolute atomic E-state index is 13.5. The summed E-state index contributed by atoms with van der Waals surface area (Å²) in [5, 5.41) is 3.11. The Balaban J connectivity index is 2.40. The molecule has 2 atom stereocenters. The molecule has 10 heteroatoms. The molecular weight excluding hydrogens is 490 g/mol. The van der Waals surface area contributed by atoms with Gasteiger partial charge in [-0.25, -0.2) is 8.42 Å². The first-order valence-electron chi connectivity index (χ1n) is 11.3. The molecule has 35 heavy (non-hydrogen) atoms. The van der Waals surface area contributed by atoms with Crippen LogP contribution in [-0.2, 0) is 26.2 Å². The lowest BCUT2D eigenvalue weighted by molar-refractivity contribution is -0.139. The topological polar surface area (TPSA) is 96.0 Å². The third kappa shape index (κ3) is 7.86. The van der Waals surface area contributed by atoms with E-state index >= 15 is 0 Å². The number of sulfonamides is 1. The summed E-state index contributed by atoms with van der Waals surface area (Å²) in [5.41, 5.74) is 2.11. The zero-order chi connectivity index (χ0) is 26.3. The van der Waals surface area contributed by atoms with Gasteiger partial charge < -0.3 is 15.0 Å². The molecule has 0 fully saturated rings. The molecule has 0 radical (unpaired) electrons. The van der Waals surface area contributed by atoms with Crippen molar-refractivity contribution in [2.75, 3.05) is 24.2 Å². The normalized spacial score (nSPS) is 13.0. The van der Waals surface area contributed by atoms with E-state index < -0.39 is 28.5 Å². The predicted octanol–water partition coefficient (Wildman–Crippen LogP) is 3.76. The third-order valence-corrected chi connectivity index (χ3v) is 7.18. The van der Waals surface area contributed by atoms with Gasteiger partial charge in [-0.3, -0.25) is 13.9 Å². The smallest absolute Gasteiger partial charge is 0.244 e. The van der Waals surface area contributed by atoms with Gasteiger partial charge in [0.1, 0.15) is 18.3 Å². The summed E-state index contributed by atoms with van der Waals surface area (Å²) in [6.07, 6.45) is 1.76. The molecule has 0 aliphatic heterocycles. The molecule has 1 N–H and O–H groups in total. The highest BCUT2D eigenvalue weighted by Crippen LogP contribution is 2.30. The van der Waals surface area contributed by atoms with Gasteiger partial charge in [0.2, 0.25) is 21.8 Å². The van der Waals surface area contributed by atoms with Crippen LogP contribution in [-0.4, -0.2) is 57.1 Å². The third-order valence-electron chi connectivity index (χ3n) is 5.74. The molecule has 0 unspecified atom stereocenters. The highest BCUT2D eigenvalue weighted by Gasteiger charge is 2.30. The van der Waals surface area contributed by atoms with Crippen LogP contribution < -0.4 is 14.4 Å². The van der Waals surface area contributed by atoms with Crippen LogP contribution in [0.1, 0.15) is 38.3 Å². The summed E-state index contributed by atoms with van der Waals surface area (Å²) in [4.78, 5) is 27.8. The molecular formula is C25H34ClN3O5S. The molecule has 0 heterocycles. The van der Waals surface area contributed by atoms with E-state index in [0.717, 1.165) is 28.1 Å². The van der Waals surface area contributed by atoms with Crippen LogP contribution >= 0.6 is 11.6 Å². The number of nitrogens with one attached hydrogen (secondary N) is 1. The maximum Gasteiger partial charge on any atom is 0.244 e. The number of aryl methyl sites for hydroxylation is 1. The van der Waals surface area contributed by atoms with E-state index in [1.54, 1.807) is 6.92 Å². The van der Waals surface area contributed by atoms with Gasteiger partial charge in [-0.2, -0.15) is 0 Å². The standard InChI is InChI=1S/C25H34ClN3O5S/c1-7-18(3)27-25(31)19(4)28(15-20-10-8-17(2)9-11-20)24(30)16-29(35(6,32)33)21-12-13-23(34-5)22(26)14-21/h8-14,18-19H,7,15-16H2,1-6H3,(H,27,31)/t18-,19+/m1/s1. The van der Waals surface area contributed by atoms with Crippen molar-refractivity contribution in [1.29, 1.82) is 0 Å². The van der Waals surface area contributed by atoms with Gasteiger partial charge in [0, 0.05) is 12.6 Å². The molecule has 0 aromatic heterocycles. The van der Waals surface area contributed by atoms with Crippen LogP contribution in [0.5, 0.6) is 5.75 Å². The number of hydrogen-bond acceptors (Lipinski definition) is 5. The van der Waals surface area contributed by atoms with Gasteiger partial charge in [-0.15, -0.1) is 0 Å². The largest absolute Gasteiger partial charge is 0.495 e. The lowest BCUT2D eigenvalue weighted by Gasteiger charge is -2.32. The molecule has 0 saturated heterocycles. The number of ether oxygens (including phenoxy) is 1. The molecule has 2 rings (SSSR count). The second-order valence-corrected chi connectivity index (χ2v) is 10.9. The van der Waals surface area contributed by atoms with Gasteiger partial charge in [0.25, 0.3) is 0 Å². The zero-order valence-corrected chi connectivity index (χ0v) is 22.6. The van der Waals surface area contributed by atoms with Crippen molar-refractivity contribution in [3.63, 3.8) is 0 Å². The number of anilines is 1. The van der Waals surface area contributed by atoms with E-state index in [1.165, 1.54) is 30.2 Å². The van der Waals surface area contributed by atoms with Crippen molar-refractivity contribution < 1.29 is 22.7 Å². The number of carbonyl (C=O) groups is 2. The summed E-state index contributed by atoms with van der Waals surface area (Å²) in [5.74, 6) is -0.445. The minimum absolute atomic E-state index is 0.0600. The summed E-state index contributed by atoms with van der Waals surface area (Å²) < 4.78 is 31.4. The van der Waals surface area contributed by atoms with Crippen molar-refractivity contribution >= 4 is 39.1 Å². The van der Waals surface area contributed by atoms with Crippen molar-refractivity contribution in [2.24, 2.45) is 0 Å². The Hall–Kier alpha value is -2.78. The number of benzene rings is 2. The Kier molecular flexibility index (Phi) is 9.97. The van der Waals surface area contributed by atoms with Gasteiger partial charge in [-0.1, -0.05) is 48.4 Å². The van der Waals surface area contributed by atoms with E-state index in [-0.39, 0.29) is 29.2 Å². The van der Waals surface area contributed by atoms with E-state index in [2.05, 4.69) is 5.32 Å². The first-order chi connectivity index (χ1) is 16.4. The number of nitrogens with zero attached hydrogens (tertiary/aromatic N) is 2. The maximum atomic E-state index is 13.5. The summed E-state index contributed by atoms with van der Waals surface area (Å²) >= 11 is 6.20. The Labute approximate surface area is 213 Å². The average Bonchev–Trinajstić information content (AvgIpc) is 2.80. The molecule has 0 spiro atoms. The quantitative estimate of drug-likeness (QED) is 0.484. The number of amides is 2. The summed E-state index contributed by atoms with van der Waals surface area (Å²) in [6, 6.07) is 11.2. The molecule has 192 valence electrons. The van der Waals surface area contributed by atoms with E-state index in [9.17, 15) is 18.0 Å². The Bertz CT molecular complexity index is 1140. The van der Waals surface area contributed by atoms with Crippen molar-refractivity contribution in [3.05, 3.63) is 58.6 Å². The summed E-state index contributed by atoms with van der Waals surface area (Å²) in [6.45, 7) is 7.09. The Morgan fingerprint density at radius 1 is 1.11 bits per heavy atom. The fraction of sp³-hybridized carbons (Fsp3) is 0.440. The number of halogens is 1. The first-order valence-corrected chi connectivity index (χ1v) is 13.6. The highest BCUT2D eigenvalue weighted by atomic mass is 35.5. The lowest BCUT2D eigenvalue weighted by Crippen LogP contribution is -2.52. The second-order valence-electron chi connectivity index (χ2n) is 8.59. The van der Waals surface area contributed by atoms with Gasteiger partial charge >= 0.3 is 0 Å². The van der Waals surface area contributed by atoms with Gasteiger partial charge in [-0.05, 0) is 51.0 Å². The van der Waals surface area contributed by atoms with E-state index in [1.807, 2.05) is 45.0 Å². The molecule has 8 nitrogen and oxygen atoms in total. The Morgan fingerprint density at radius 3 is 2.26 bits per heavy atom. The molecule has 2 aromatic rings. The SMILES string of the molecule is CC[C@@H](C)NC(=O)[C@H](C)N(Cc1ccc(C)cc1)C(=O)CN(c1ccc(OC)c(Cl)c1)S(C)(=O)=O. The van der Waals surface area contributed by atoms with Crippen LogP contribution in [0.15, 0.2) is 42.5 Å². The summed E-state index contributed by atoms with van der Waals surface area (Å²) in [7, 11) is -2.39. The van der Waals surface area contributed by atoms with Crippen molar-refractivity contribution in [2.45, 2.75) is 52.7 Å². The second kappa shape index (κ2) is 12.3. The van der Waals surface area contributed by atoms with Gasteiger partial charge in [0.05, 0.1) is 24.1 Å². The van der Waals surface area contributed by atoms with Crippen LogP contribution in [0.25, 0.3) is 0 Å². The lowest BCUT2D eigenvalue weighted by atomic mass is 10.1. The number of hydrogen-bond donors (Lipinski definition) is 1. The van der Waals surface area contributed by atoms with E-state index in [4.69, 9.17) is 16.3 Å². The molecule has 2 amide bonds. The van der Waals surface area contributed by atoms with Crippen molar-refractivity contribution in [1.82, 2.24) is 10.2 Å². The minimum Gasteiger partial charge on any atom is -0.495 e. The number of methoxy groups -OCH3 is 1. The van der Waals surface area contributed by atoms with Gasteiger partial charge in [0.15, 0.2) is 0 Å². The van der Waals surface area contributed by atoms with Crippen molar-refractivity contribution in [3.8, 4) is 5.75 Å². The van der Waals surface area contributed by atoms with Crippen LogP contribution in [0.4, 0.5) is 5.69 Å². The first kappa shape index (κ1) is 28.5. The van der Waals surface area contributed by atoms with Crippen LogP contribution in [0, 0.1) is 6.92 Å². The van der Waals surface area contributed by atoms with E-state index in [0.29, 0.717) is 5.75 Å². The van der Waals surface area contributed by atoms with Crippen LogP contribution in [0.3, 0.4) is 0 Å². The minimum atomic E-state index is -3.84. The predicted molar refractivity (Wildman–Crippen MR) is 139 cm³/mol. The monoisotopic (exact) mass is 523 g/mol. The fourth-order valence-electron chi connectivity index (χ4n) is 3.36. The molecule has 0 aliphatic carbocycles. The highest BCUT2D eigenvalue weighted by molar-refractivity contribution is 7.92. The number of carbonyl (C=O) groups excluding carboxylic acids is 2. The molecule has 2 aromatic carbocycles. The molecule has 0 bridgehead atoms. The zero-order valence-electron chi connectivity index (χ0n) is 21.0. The van der Waals surface area contributed by atoms with Crippen LogP contribution in [0.2, 0.25) is 5.02 Å². The average molecular weight is 524 g/mol. The number of rotatable bonds is 11. The Morgan fingerprint density at radius 2 is 1.74 bits per heavy atom.